The number of benzene rings is 1. The maximum atomic E-state index is 10.5. The van der Waals surface area contributed by atoms with Crippen molar-refractivity contribution in [2.45, 2.75) is 6.92 Å². The number of aromatic amines is 1. The number of nitrogens with one attached hydrogen (secondary N) is 1. The van der Waals surface area contributed by atoms with Crippen LogP contribution < -0.4 is 0 Å². The number of aromatic nitrogens is 1. The summed E-state index contributed by atoms with van der Waals surface area (Å²) >= 11 is 0. The van der Waals surface area contributed by atoms with Crippen LogP contribution in [0.25, 0.3) is 10.9 Å². The standard InChI is InChI=1S/C8H6N2O2.C3H6O2/c11-10(12)7-3-1-2-6-4-5-9-8(6)7;1-2-5-3-4/h1-5,9H;3H,2H2,1H3. The van der Waals surface area contributed by atoms with Crippen LogP contribution in [0.5, 0.6) is 0 Å². The summed E-state index contributed by atoms with van der Waals surface area (Å²) in [4.78, 5) is 22.1. The van der Waals surface area contributed by atoms with Gasteiger partial charge in [-0.1, -0.05) is 12.1 Å². The zero-order valence-electron chi connectivity index (χ0n) is 9.25. The van der Waals surface area contributed by atoms with Gasteiger partial charge in [-0.15, -0.1) is 0 Å². The van der Waals surface area contributed by atoms with E-state index in [9.17, 15) is 14.9 Å². The van der Waals surface area contributed by atoms with E-state index >= 15 is 0 Å². The van der Waals surface area contributed by atoms with E-state index in [1.807, 2.05) is 12.1 Å². The number of fused-ring (bicyclic) bond motifs is 1. The lowest BCUT2D eigenvalue weighted by atomic mass is 10.2. The number of hydrogen-bond donors (Lipinski definition) is 1. The molecular formula is C11H12N2O4. The minimum absolute atomic E-state index is 0.123. The van der Waals surface area contributed by atoms with E-state index in [1.54, 1.807) is 19.2 Å². The highest BCUT2D eigenvalue weighted by atomic mass is 16.6. The second kappa shape index (κ2) is 6.26. The number of carbonyl (C=O) groups excluding carboxylic acids is 1. The van der Waals surface area contributed by atoms with Crippen molar-refractivity contribution in [3.05, 3.63) is 40.6 Å². The van der Waals surface area contributed by atoms with Crippen LogP contribution in [0.1, 0.15) is 6.92 Å². The van der Waals surface area contributed by atoms with Crippen LogP contribution in [-0.4, -0.2) is 23.0 Å². The van der Waals surface area contributed by atoms with Crippen molar-refractivity contribution in [1.29, 1.82) is 0 Å². The normalized spacial score (nSPS) is 9.24. The minimum atomic E-state index is -0.390. The number of para-hydroxylation sites is 1. The predicted octanol–water partition coefficient (Wildman–Crippen LogP) is 2.26. The Labute approximate surface area is 97.4 Å². The number of ether oxygens (including phenoxy) is 1. The summed E-state index contributed by atoms with van der Waals surface area (Å²) < 4.78 is 4.15. The first kappa shape index (κ1) is 12.7. The van der Waals surface area contributed by atoms with Crippen molar-refractivity contribution >= 4 is 23.1 Å². The van der Waals surface area contributed by atoms with Gasteiger partial charge in [0.1, 0.15) is 5.52 Å². The topological polar surface area (TPSA) is 85.2 Å². The Hall–Kier alpha value is -2.37. The van der Waals surface area contributed by atoms with Gasteiger partial charge in [-0.2, -0.15) is 0 Å². The van der Waals surface area contributed by atoms with Gasteiger partial charge in [0.2, 0.25) is 0 Å². The molecule has 0 amide bonds. The Balaban J connectivity index is 0.000000249. The molecule has 0 spiro atoms. The number of nitro benzene ring substituents is 1. The van der Waals surface area contributed by atoms with Gasteiger partial charge in [0, 0.05) is 17.6 Å². The molecule has 1 aromatic heterocycles. The summed E-state index contributed by atoms with van der Waals surface area (Å²) in [5, 5.41) is 11.4. The molecule has 90 valence electrons. The second-order valence-corrected chi connectivity index (χ2v) is 3.03. The van der Waals surface area contributed by atoms with Crippen molar-refractivity contribution in [3.8, 4) is 0 Å². The molecule has 0 fully saturated rings. The molecule has 17 heavy (non-hydrogen) atoms. The number of H-pyrrole nitrogens is 1. The van der Waals surface area contributed by atoms with Gasteiger partial charge in [0.25, 0.3) is 12.2 Å². The third-order valence-electron chi connectivity index (χ3n) is 2.00. The molecule has 1 N–H and O–H groups in total. The van der Waals surface area contributed by atoms with E-state index in [0.717, 1.165) is 5.39 Å². The molecule has 0 aliphatic carbocycles. The van der Waals surface area contributed by atoms with E-state index in [0.29, 0.717) is 18.6 Å². The number of nitro groups is 1. The summed E-state index contributed by atoms with van der Waals surface area (Å²) in [6.07, 6.45) is 1.69. The Kier molecular flexibility index (Phi) is 4.68. The second-order valence-electron chi connectivity index (χ2n) is 3.03. The smallest absolute Gasteiger partial charge is 0.293 e. The summed E-state index contributed by atoms with van der Waals surface area (Å²) in [5.74, 6) is 0. The average Bonchev–Trinajstić information content (AvgIpc) is 2.78. The molecule has 0 saturated carbocycles. The minimum Gasteiger partial charge on any atom is -0.468 e. The molecule has 1 heterocycles. The summed E-state index contributed by atoms with van der Waals surface area (Å²) in [5.41, 5.74) is 0.708. The number of non-ortho nitro benzene ring substituents is 1. The van der Waals surface area contributed by atoms with Crippen molar-refractivity contribution < 1.29 is 14.5 Å². The lowest BCUT2D eigenvalue weighted by Gasteiger charge is -1.91. The first-order chi connectivity index (χ1) is 8.20. The Morgan fingerprint density at radius 3 is 2.76 bits per heavy atom. The first-order valence-corrected chi connectivity index (χ1v) is 4.96. The number of carbonyl (C=O) groups is 1. The molecule has 0 radical (unpaired) electrons. The van der Waals surface area contributed by atoms with Crippen LogP contribution in [0, 0.1) is 10.1 Å². The maximum Gasteiger partial charge on any atom is 0.293 e. The monoisotopic (exact) mass is 236 g/mol. The number of rotatable bonds is 3. The molecule has 6 nitrogen and oxygen atoms in total. The summed E-state index contributed by atoms with van der Waals surface area (Å²) in [6.45, 7) is 2.66. The fraction of sp³-hybridized carbons (Fsp3) is 0.182. The number of nitrogens with zero attached hydrogens (tertiary/aromatic N) is 1. The van der Waals surface area contributed by atoms with Gasteiger partial charge < -0.3 is 9.72 Å². The highest BCUT2D eigenvalue weighted by molar-refractivity contribution is 5.87. The van der Waals surface area contributed by atoms with Gasteiger partial charge >= 0.3 is 0 Å². The zero-order valence-corrected chi connectivity index (χ0v) is 9.25. The zero-order chi connectivity index (χ0) is 12.7. The highest BCUT2D eigenvalue weighted by Crippen LogP contribution is 2.22. The maximum absolute atomic E-state index is 10.5. The van der Waals surface area contributed by atoms with Crippen LogP contribution in [0.15, 0.2) is 30.5 Å². The van der Waals surface area contributed by atoms with Crippen molar-refractivity contribution in [2.24, 2.45) is 0 Å². The highest BCUT2D eigenvalue weighted by Gasteiger charge is 2.10. The molecular weight excluding hydrogens is 224 g/mol. The van der Waals surface area contributed by atoms with Crippen LogP contribution >= 0.6 is 0 Å². The fourth-order valence-corrected chi connectivity index (χ4v) is 1.29. The van der Waals surface area contributed by atoms with E-state index in [-0.39, 0.29) is 5.69 Å². The van der Waals surface area contributed by atoms with Gasteiger partial charge in [0.15, 0.2) is 0 Å². The molecule has 0 atom stereocenters. The molecule has 0 aliphatic rings. The largest absolute Gasteiger partial charge is 0.468 e. The van der Waals surface area contributed by atoms with Crippen LogP contribution in [0.4, 0.5) is 5.69 Å². The van der Waals surface area contributed by atoms with Gasteiger partial charge in [-0.05, 0) is 13.0 Å². The Bertz CT molecular complexity index is 507. The lowest BCUT2D eigenvalue weighted by molar-refractivity contribution is -0.383. The third kappa shape index (κ3) is 3.30. The molecule has 2 aromatic rings. The van der Waals surface area contributed by atoms with Crippen molar-refractivity contribution in [2.75, 3.05) is 6.61 Å². The Morgan fingerprint density at radius 2 is 2.24 bits per heavy atom. The van der Waals surface area contributed by atoms with Gasteiger partial charge in [-0.3, -0.25) is 14.9 Å². The quantitative estimate of drug-likeness (QED) is 0.503. The molecule has 0 aliphatic heterocycles. The number of hydrogen-bond acceptors (Lipinski definition) is 4. The Morgan fingerprint density at radius 1 is 1.47 bits per heavy atom. The van der Waals surface area contributed by atoms with Crippen molar-refractivity contribution in [1.82, 2.24) is 4.98 Å². The van der Waals surface area contributed by atoms with Gasteiger partial charge in [0.05, 0.1) is 11.5 Å². The molecule has 0 bridgehead atoms. The molecule has 1 aromatic carbocycles. The third-order valence-corrected chi connectivity index (χ3v) is 2.00. The first-order valence-electron chi connectivity index (χ1n) is 4.96. The van der Waals surface area contributed by atoms with E-state index < -0.39 is 4.92 Å². The van der Waals surface area contributed by atoms with Crippen LogP contribution in [-0.2, 0) is 9.53 Å². The predicted molar refractivity (Wildman–Crippen MR) is 62.6 cm³/mol. The van der Waals surface area contributed by atoms with E-state index in [4.69, 9.17) is 0 Å². The average molecular weight is 236 g/mol. The summed E-state index contributed by atoms with van der Waals surface area (Å²) in [6, 6.07) is 6.80. The SMILES string of the molecule is CCOC=O.O=[N+]([O-])c1cccc2cc[nH]c12. The molecule has 0 unspecified atom stereocenters. The fourth-order valence-electron chi connectivity index (χ4n) is 1.29. The van der Waals surface area contributed by atoms with Crippen LogP contribution in [0.3, 0.4) is 0 Å². The van der Waals surface area contributed by atoms with Crippen molar-refractivity contribution in [3.63, 3.8) is 0 Å². The van der Waals surface area contributed by atoms with E-state index in [1.165, 1.54) is 6.07 Å². The lowest BCUT2D eigenvalue weighted by Crippen LogP contribution is -1.88. The van der Waals surface area contributed by atoms with E-state index in [2.05, 4.69) is 9.72 Å². The molecule has 6 heteroatoms. The summed E-state index contributed by atoms with van der Waals surface area (Å²) in [7, 11) is 0. The molecule has 0 saturated heterocycles. The van der Waals surface area contributed by atoms with Crippen LogP contribution in [0.2, 0.25) is 0 Å². The van der Waals surface area contributed by atoms with Gasteiger partial charge in [-0.25, -0.2) is 0 Å². The molecule has 2 rings (SSSR count).